The second-order valence-corrected chi connectivity index (χ2v) is 7.53. The summed E-state index contributed by atoms with van der Waals surface area (Å²) in [5, 5.41) is 3.40. The first-order valence-electron chi connectivity index (χ1n) is 9.58. The van der Waals surface area contributed by atoms with Crippen LogP contribution >= 0.6 is 0 Å². The molecule has 1 fully saturated rings. The maximum absolute atomic E-state index is 12.2. The average molecular weight is 341 g/mol. The van der Waals surface area contributed by atoms with Gasteiger partial charge in [0.15, 0.2) is 0 Å². The van der Waals surface area contributed by atoms with E-state index in [-0.39, 0.29) is 17.8 Å². The van der Waals surface area contributed by atoms with Gasteiger partial charge in [0.05, 0.1) is 12.5 Å². The number of hydrogen-bond donors (Lipinski definition) is 1. The van der Waals surface area contributed by atoms with Gasteiger partial charge in [0, 0.05) is 25.6 Å². The zero-order valence-electron chi connectivity index (χ0n) is 16.0. The summed E-state index contributed by atoms with van der Waals surface area (Å²) >= 11 is 0. The number of hydrogen-bond acceptors (Lipinski definition) is 4. The van der Waals surface area contributed by atoms with Crippen molar-refractivity contribution in [3.63, 3.8) is 0 Å². The van der Waals surface area contributed by atoms with E-state index in [4.69, 9.17) is 4.74 Å². The smallest absolute Gasteiger partial charge is 0.308 e. The number of nitrogens with one attached hydrogen (secondary N) is 1. The van der Waals surface area contributed by atoms with Gasteiger partial charge in [-0.1, -0.05) is 34.1 Å². The lowest BCUT2D eigenvalue weighted by Gasteiger charge is -2.32. The highest BCUT2D eigenvalue weighted by atomic mass is 16.5. The van der Waals surface area contributed by atoms with Crippen LogP contribution in [0.25, 0.3) is 0 Å². The van der Waals surface area contributed by atoms with Crippen LogP contribution in [0.4, 0.5) is 0 Å². The quantitative estimate of drug-likeness (QED) is 0.491. The maximum Gasteiger partial charge on any atom is 0.308 e. The molecule has 0 aromatic heterocycles. The van der Waals surface area contributed by atoms with Crippen molar-refractivity contribution in [1.29, 1.82) is 0 Å². The van der Waals surface area contributed by atoms with Gasteiger partial charge in [-0.05, 0) is 38.1 Å². The van der Waals surface area contributed by atoms with Crippen LogP contribution in [-0.4, -0.2) is 49.1 Å². The highest BCUT2D eigenvalue weighted by Crippen LogP contribution is 2.19. The standard InChI is InChI=1S/C19H36N2O3/c1-15(2)19(23)24-14-17-9-12-21(13-10-17)18(22)8-6-5-7-11-20-16(3)4/h15-17,20H,5-14H2,1-4H3. The molecule has 1 saturated heterocycles. The number of piperidine rings is 1. The van der Waals surface area contributed by atoms with E-state index >= 15 is 0 Å². The van der Waals surface area contributed by atoms with Crippen molar-refractivity contribution in [3.8, 4) is 0 Å². The normalized spacial score (nSPS) is 16.0. The van der Waals surface area contributed by atoms with Gasteiger partial charge >= 0.3 is 5.97 Å². The van der Waals surface area contributed by atoms with Crippen molar-refractivity contribution >= 4 is 11.9 Å². The summed E-state index contributed by atoms with van der Waals surface area (Å²) in [5.41, 5.74) is 0. The summed E-state index contributed by atoms with van der Waals surface area (Å²) in [7, 11) is 0. The van der Waals surface area contributed by atoms with E-state index < -0.39 is 0 Å². The number of nitrogens with zero attached hydrogens (tertiary/aromatic N) is 1. The van der Waals surface area contributed by atoms with Crippen molar-refractivity contribution in [2.24, 2.45) is 11.8 Å². The third kappa shape index (κ3) is 8.67. The molecule has 140 valence electrons. The molecule has 0 bridgehead atoms. The van der Waals surface area contributed by atoms with E-state index in [0.29, 0.717) is 25.0 Å². The number of amides is 1. The molecule has 24 heavy (non-hydrogen) atoms. The fourth-order valence-electron chi connectivity index (χ4n) is 2.84. The lowest BCUT2D eigenvalue weighted by atomic mass is 9.97. The molecule has 0 aromatic rings. The molecule has 5 heteroatoms. The minimum atomic E-state index is -0.125. The molecule has 1 aliphatic heterocycles. The zero-order valence-corrected chi connectivity index (χ0v) is 16.0. The summed E-state index contributed by atoms with van der Waals surface area (Å²) < 4.78 is 5.31. The molecule has 0 unspecified atom stereocenters. The molecule has 1 amide bonds. The minimum absolute atomic E-state index is 0.0672. The number of carbonyl (C=O) groups excluding carboxylic acids is 2. The Balaban J connectivity index is 2.09. The summed E-state index contributed by atoms with van der Waals surface area (Å²) in [6.45, 7) is 11.1. The van der Waals surface area contributed by atoms with Gasteiger partial charge in [0.1, 0.15) is 0 Å². The van der Waals surface area contributed by atoms with Crippen molar-refractivity contribution < 1.29 is 14.3 Å². The van der Waals surface area contributed by atoms with Crippen molar-refractivity contribution in [1.82, 2.24) is 10.2 Å². The van der Waals surface area contributed by atoms with Crippen LogP contribution in [0, 0.1) is 11.8 Å². The topological polar surface area (TPSA) is 58.6 Å². The molecule has 1 rings (SSSR count). The maximum atomic E-state index is 12.2. The Kier molecular flexibility index (Phi) is 9.99. The fourth-order valence-corrected chi connectivity index (χ4v) is 2.84. The monoisotopic (exact) mass is 340 g/mol. The summed E-state index contributed by atoms with van der Waals surface area (Å²) in [6, 6.07) is 0.535. The van der Waals surface area contributed by atoms with E-state index in [0.717, 1.165) is 51.7 Å². The first-order valence-corrected chi connectivity index (χ1v) is 9.58. The molecule has 1 aliphatic rings. The largest absolute Gasteiger partial charge is 0.465 e. The second-order valence-electron chi connectivity index (χ2n) is 7.53. The van der Waals surface area contributed by atoms with Gasteiger partial charge in [-0.3, -0.25) is 9.59 Å². The Morgan fingerprint density at radius 3 is 2.33 bits per heavy atom. The SMILES string of the molecule is CC(C)NCCCCCC(=O)N1CCC(COC(=O)C(C)C)CC1. The molecule has 0 saturated carbocycles. The molecule has 1 N–H and O–H groups in total. The third-order valence-electron chi connectivity index (χ3n) is 4.52. The van der Waals surface area contributed by atoms with Crippen LogP contribution in [0.2, 0.25) is 0 Å². The number of likely N-dealkylation sites (tertiary alicyclic amines) is 1. The van der Waals surface area contributed by atoms with Gasteiger partial charge in [-0.2, -0.15) is 0 Å². The van der Waals surface area contributed by atoms with Gasteiger partial charge in [-0.25, -0.2) is 0 Å². The van der Waals surface area contributed by atoms with Gasteiger partial charge in [-0.15, -0.1) is 0 Å². The van der Waals surface area contributed by atoms with Crippen LogP contribution in [0.15, 0.2) is 0 Å². The van der Waals surface area contributed by atoms with Crippen LogP contribution in [0.1, 0.15) is 66.2 Å². The van der Waals surface area contributed by atoms with Crippen molar-refractivity contribution in [2.45, 2.75) is 72.3 Å². The number of esters is 1. The van der Waals surface area contributed by atoms with Crippen LogP contribution in [0.5, 0.6) is 0 Å². The molecule has 5 nitrogen and oxygen atoms in total. The van der Waals surface area contributed by atoms with Crippen LogP contribution in [0.3, 0.4) is 0 Å². The van der Waals surface area contributed by atoms with E-state index in [2.05, 4.69) is 19.2 Å². The van der Waals surface area contributed by atoms with Crippen molar-refractivity contribution in [3.05, 3.63) is 0 Å². The summed E-state index contributed by atoms with van der Waals surface area (Å²) in [6.07, 6.45) is 5.76. The van der Waals surface area contributed by atoms with E-state index in [1.54, 1.807) is 0 Å². The molecule has 0 radical (unpaired) electrons. The Labute approximate surface area is 147 Å². The summed E-state index contributed by atoms with van der Waals surface area (Å²) in [4.78, 5) is 25.7. The predicted molar refractivity (Wildman–Crippen MR) is 96.7 cm³/mol. The average Bonchev–Trinajstić information content (AvgIpc) is 2.55. The number of rotatable bonds is 10. The van der Waals surface area contributed by atoms with Gasteiger partial charge in [0.25, 0.3) is 0 Å². The lowest BCUT2D eigenvalue weighted by Crippen LogP contribution is -2.39. The third-order valence-corrected chi connectivity index (χ3v) is 4.52. The molecule has 0 aromatic carbocycles. The number of ether oxygens (including phenoxy) is 1. The molecule has 0 spiro atoms. The first kappa shape index (κ1) is 20.9. The second kappa shape index (κ2) is 11.5. The fraction of sp³-hybridized carbons (Fsp3) is 0.895. The summed E-state index contributed by atoms with van der Waals surface area (Å²) in [5.74, 6) is 0.492. The number of unbranched alkanes of at least 4 members (excludes halogenated alkanes) is 2. The molecular weight excluding hydrogens is 304 g/mol. The minimum Gasteiger partial charge on any atom is -0.465 e. The van der Waals surface area contributed by atoms with Gasteiger partial charge < -0.3 is 15.0 Å². The highest BCUT2D eigenvalue weighted by Gasteiger charge is 2.23. The Bertz CT molecular complexity index is 375. The van der Waals surface area contributed by atoms with Gasteiger partial charge in [0.2, 0.25) is 5.91 Å². The molecule has 0 atom stereocenters. The first-order chi connectivity index (χ1) is 11.4. The van der Waals surface area contributed by atoms with E-state index in [1.807, 2.05) is 18.7 Å². The highest BCUT2D eigenvalue weighted by molar-refractivity contribution is 5.76. The van der Waals surface area contributed by atoms with Crippen molar-refractivity contribution in [2.75, 3.05) is 26.2 Å². The Morgan fingerprint density at radius 1 is 1.08 bits per heavy atom. The molecular formula is C19H36N2O3. The zero-order chi connectivity index (χ0) is 17.9. The predicted octanol–water partition coefficient (Wildman–Crippen LogP) is 2.98. The molecule has 1 heterocycles. The Hall–Kier alpha value is -1.10. The van der Waals surface area contributed by atoms with Crippen LogP contribution in [-0.2, 0) is 14.3 Å². The molecule has 0 aliphatic carbocycles. The number of carbonyl (C=O) groups is 2. The lowest BCUT2D eigenvalue weighted by molar-refractivity contribution is -0.149. The van der Waals surface area contributed by atoms with Crippen LogP contribution < -0.4 is 5.32 Å². The van der Waals surface area contributed by atoms with E-state index in [9.17, 15) is 9.59 Å². The van der Waals surface area contributed by atoms with E-state index in [1.165, 1.54) is 0 Å². The Morgan fingerprint density at radius 2 is 1.75 bits per heavy atom.